The number of benzene rings is 1. The average Bonchev–Trinajstić information content (AvgIpc) is 1.88. The lowest BCUT2D eigenvalue weighted by atomic mass is 10.2. The van der Waals surface area contributed by atoms with Crippen LogP contribution in [0.2, 0.25) is 0 Å². The van der Waals surface area contributed by atoms with E-state index in [2.05, 4.69) is 0 Å². The number of nitrogen functional groups attached to an aromatic ring is 1. The van der Waals surface area contributed by atoms with Gasteiger partial charge in [-0.25, -0.2) is 4.79 Å². The molecule has 0 saturated heterocycles. The van der Waals surface area contributed by atoms with Gasteiger partial charge in [-0.3, -0.25) is 0 Å². The Morgan fingerprint density at radius 3 is 2.40 bits per heavy atom. The molecule has 0 spiro atoms. The second-order valence-electron chi connectivity index (χ2n) is 1.89. The number of rotatable bonds is 1. The number of carbonyl (C=O) groups is 1. The number of hydrogen-bond acceptors (Lipinski definition) is 2. The number of anilines is 1. The predicted octanol–water partition coefficient (Wildman–Crippen LogP) is 0.967. The highest BCUT2D eigenvalue weighted by molar-refractivity contribution is 5.93. The SMILES string of the molecule is Nc1ccccc1[13C](=[18O])[18OH]. The highest BCUT2D eigenvalue weighted by Crippen LogP contribution is 2.08. The number of nitrogens with two attached hydrogens (primary N) is 1. The van der Waals surface area contributed by atoms with Crippen molar-refractivity contribution in [2.24, 2.45) is 0 Å². The molecule has 0 aliphatic heterocycles. The fourth-order valence-electron chi connectivity index (χ4n) is 0.692. The number of carboxylic acid groups (broad SMARTS) is 1. The summed E-state index contributed by atoms with van der Waals surface area (Å²) in [5.41, 5.74) is 5.80. The van der Waals surface area contributed by atoms with Crippen LogP contribution in [0.1, 0.15) is 10.4 Å². The zero-order valence-electron chi connectivity index (χ0n) is 5.24. The topological polar surface area (TPSA) is 63.3 Å². The van der Waals surface area contributed by atoms with E-state index in [9.17, 15) is 4.79 Å². The first-order valence-corrected chi connectivity index (χ1v) is 2.79. The first kappa shape index (κ1) is 6.61. The molecule has 0 radical (unpaired) electrons. The normalized spacial score (nSPS) is 9.20. The lowest BCUT2D eigenvalue weighted by Crippen LogP contribution is -2.00. The lowest BCUT2D eigenvalue weighted by Gasteiger charge is -1.96. The Labute approximate surface area is 58.1 Å². The van der Waals surface area contributed by atoms with E-state index < -0.39 is 5.97 Å². The van der Waals surface area contributed by atoms with E-state index in [0.717, 1.165) is 0 Å². The first-order chi connectivity index (χ1) is 4.72. The zero-order chi connectivity index (χ0) is 7.56. The lowest BCUT2D eigenvalue weighted by molar-refractivity contribution is 0.0698. The van der Waals surface area contributed by atoms with E-state index in [4.69, 9.17) is 10.8 Å². The molecule has 0 saturated carbocycles. The van der Waals surface area contributed by atoms with Gasteiger partial charge in [0.25, 0.3) is 0 Å². The maximum atomic E-state index is 10.3. The van der Waals surface area contributed by atoms with Gasteiger partial charge in [0.2, 0.25) is 0 Å². The van der Waals surface area contributed by atoms with Gasteiger partial charge in [-0.05, 0) is 12.1 Å². The van der Waals surface area contributed by atoms with E-state index >= 15 is 0 Å². The van der Waals surface area contributed by atoms with Gasteiger partial charge in [-0.15, -0.1) is 0 Å². The molecule has 0 amide bonds. The van der Waals surface area contributed by atoms with Crippen molar-refractivity contribution in [3.63, 3.8) is 0 Å². The van der Waals surface area contributed by atoms with Crippen molar-refractivity contribution in [3.8, 4) is 0 Å². The number of carboxylic acids is 1. The molecule has 3 N–H and O–H groups in total. The second kappa shape index (κ2) is 2.39. The molecule has 0 heterocycles. The summed E-state index contributed by atoms with van der Waals surface area (Å²) in [6, 6.07) is 6.36. The summed E-state index contributed by atoms with van der Waals surface area (Å²) in [5.74, 6) is -0.988. The largest absolute Gasteiger partial charge is 0.478 e. The third kappa shape index (κ3) is 1.07. The van der Waals surface area contributed by atoms with Crippen LogP contribution in [0.4, 0.5) is 5.69 Å². The molecule has 3 nitrogen and oxygen atoms in total. The van der Waals surface area contributed by atoms with Crippen molar-refractivity contribution in [2.75, 3.05) is 5.73 Å². The van der Waals surface area contributed by atoms with Crippen molar-refractivity contribution in [2.45, 2.75) is 0 Å². The van der Waals surface area contributed by atoms with Crippen molar-refractivity contribution in [3.05, 3.63) is 29.8 Å². The van der Waals surface area contributed by atoms with Crippen LogP contribution in [-0.2, 0) is 0 Å². The van der Waals surface area contributed by atoms with E-state index in [1.54, 1.807) is 18.2 Å². The molecule has 0 bridgehead atoms. The van der Waals surface area contributed by atoms with Gasteiger partial charge < -0.3 is 10.8 Å². The Balaban J connectivity index is 3.15. The second-order valence-corrected chi connectivity index (χ2v) is 1.89. The highest BCUT2D eigenvalue weighted by atomic mass is 18.3. The van der Waals surface area contributed by atoms with Crippen LogP contribution >= 0.6 is 0 Å². The van der Waals surface area contributed by atoms with E-state index in [1.807, 2.05) is 0 Å². The monoisotopic (exact) mass is 142 g/mol. The molecule has 0 aliphatic carbocycles. The smallest absolute Gasteiger partial charge is 0.337 e. The van der Waals surface area contributed by atoms with Crippen LogP contribution in [0.25, 0.3) is 0 Å². The molecule has 3 heteroatoms. The van der Waals surface area contributed by atoms with Crippen LogP contribution in [0, 0.1) is 0 Å². The van der Waals surface area contributed by atoms with Gasteiger partial charge in [0, 0.05) is 5.69 Å². The molecule has 0 aromatic heterocycles. The van der Waals surface area contributed by atoms with Gasteiger partial charge >= 0.3 is 5.97 Å². The fraction of sp³-hybridized carbons (Fsp3) is 0. The van der Waals surface area contributed by atoms with E-state index in [-0.39, 0.29) is 5.56 Å². The van der Waals surface area contributed by atoms with Gasteiger partial charge in [-0.1, -0.05) is 12.1 Å². The third-order valence-electron chi connectivity index (χ3n) is 1.19. The minimum atomic E-state index is -0.988. The maximum absolute atomic E-state index is 10.3. The molecular formula is C7H7NO2. The Morgan fingerprint density at radius 2 is 2.00 bits per heavy atom. The van der Waals surface area contributed by atoms with E-state index in [0.29, 0.717) is 5.69 Å². The van der Waals surface area contributed by atoms with Gasteiger partial charge in [0.1, 0.15) is 0 Å². The highest BCUT2D eigenvalue weighted by Gasteiger charge is 2.03. The van der Waals surface area contributed by atoms with Gasteiger partial charge in [0.05, 0.1) is 5.56 Å². The Bertz CT molecular complexity index is 258. The number of hydrogen-bond donors (Lipinski definition) is 2. The summed E-state index contributed by atoms with van der Waals surface area (Å²) in [7, 11) is 0. The van der Waals surface area contributed by atoms with Gasteiger partial charge in [-0.2, -0.15) is 0 Å². The molecular weight excluding hydrogens is 135 g/mol. The molecule has 0 atom stereocenters. The first-order valence-electron chi connectivity index (χ1n) is 2.79. The minimum Gasteiger partial charge on any atom is -0.478 e. The standard InChI is InChI=1S/C7H7NO2/c8-6-4-2-1-3-5(6)7(9)10/h1-4H,8H2,(H,9,10)/i7+1,9+2,10+2. The molecule has 0 fully saturated rings. The quantitative estimate of drug-likeness (QED) is 0.349. The minimum absolute atomic E-state index is 0.155. The average molecular weight is 142 g/mol. The summed E-state index contributed by atoms with van der Waals surface area (Å²) in [5, 5.41) is 8.49. The predicted molar refractivity (Wildman–Crippen MR) is 37.8 cm³/mol. The van der Waals surface area contributed by atoms with E-state index in [1.165, 1.54) is 6.07 Å². The molecule has 1 rings (SSSR count). The summed E-state index contributed by atoms with van der Waals surface area (Å²) in [4.78, 5) is 10.3. The molecule has 0 aliphatic rings. The Hall–Kier alpha value is -1.51. The molecule has 1 aromatic rings. The summed E-state index contributed by atoms with van der Waals surface area (Å²) in [6.07, 6.45) is 0. The third-order valence-corrected chi connectivity index (χ3v) is 1.19. The van der Waals surface area contributed by atoms with Crippen LogP contribution in [0.15, 0.2) is 24.3 Å². The van der Waals surface area contributed by atoms with Crippen molar-refractivity contribution < 1.29 is 9.90 Å². The molecule has 10 heavy (non-hydrogen) atoms. The van der Waals surface area contributed by atoms with Crippen LogP contribution in [0.3, 0.4) is 0 Å². The van der Waals surface area contributed by atoms with Crippen molar-refractivity contribution in [1.29, 1.82) is 0 Å². The molecule has 0 unspecified atom stereocenters. The molecule has 1 aromatic carbocycles. The summed E-state index contributed by atoms with van der Waals surface area (Å²) >= 11 is 0. The Morgan fingerprint density at radius 1 is 1.40 bits per heavy atom. The van der Waals surface area contributed by atoms with Gasteiger partial charge in [0.15, 0.2) is 0 Å². The van der Waals surface area contributed by atoms with Crippen LogP contribution < -0.4 is 5.73 Å². The summed E-state index contributed by atoms with van der Waals surface area (Å²) in [6.45, 7) is 0. The Kier molecular flexibility index (Phi) is 1.58. The zero-order valence-corrected chi connectivity index (χ0v) is 5.24. The van der Waals surface area contributed by atoms with Crippen molar-refractivity contribution >= 4 is 11.7 Å². The van der Waals surface area contributed by atoms with Crippen molar-refractivity contribution in [1.82, 2.24) is 0 Å². The summed E-state index contributed by atoms with van der Waals surface area (Å²) < 4.78 is 0. The number of para-hydroxylation sites is 1. The molecule has 52 valence electrons. The van der Waals surface area contributed by atoms with Crippen LogP contribution in [-0.4, -0.2) is 11.1 Å². The van der Waals surface area contributed by atoms with Crippen LogP contribution in [0.5, 0.6) is 0 Å². The fourth-order valence-corrected chi connectivity index (χ4v) is 0.692. The maximum Gasteiger partial charge on any atom is 0.337 e. The number of aromatic carboxylic acids is 1.